The van der Waals surface area contributed by atoms with E-state index in [9.17, 15) is 18.0 Å². The van der Waals surface area contributed by atoms with Crippen molar-refractivity contribution in [1.29, 1.82) is 0 Å². The van der Waals surface area contributed by atoms with Crippen molar-refractivity contribution in [3.8, 4) is 0 Å². The van der Waals surface area contributed by atoms with Crippen LogP contribution in [0.2, 0.25) is 0 Å². The molecule has 25 heavy (non-hydrogen) atoms. The molecule has 1 aromatic carbocycles. The maximum Gasteiger partial charge on any atom is 0.435 e. The number of nitrogens with zero attached hydrogens (tertiary/aromatic N) is 3. The van der Waals surface area contributed by atoms with Gasteiger partial charge in [0.15, 0.2) is 11.5 Å². The molecule has 2 rings (SSSR count). The molecule has 1 heterocycles. The summed E-state index contributed by atoms with van der Waals surface area (Å²) in [5, 5.41) is 9.62. The van der Waals surface area contributed by atoms with Crippen LogP contribution >= 0.6 is 0 Å². The molecule has 1 amide bonds. The van der Waals surface area contributed by atoms with Crippen LogP contribution in [0.5, 0.6) is 0 Å². The average molecular weight is 352 g/mol. The van der Waals surface area contributed by atoms with Gasteiger partial charge in [0.1, 0.15) is 0 Å². The summed E-state index contributed by atoms with van der Waals surface area (Å²) in [4.78, 5) is 13.9. The van der Waals surface area contributed by atoms with Crippen molar-refractivity contribution in [2.45, 2.75) is 26.4 Å². The van der Waals surface area contributed by atoms with E-state index in [0.717, 1.165) is 11.6 Å². The van der Waals surface area contributed by atoms with Crippen LogP contribution in [0.15, 0.2) is 36.4 Å². The molecular formula is C17H19F3N4O. The molecule has 0 aliphatic rings. The Bertz CT molecular complexity index is 717. The number of amides is 1. The summed E-state index contributed by atoms with van der Waals surface area (Å²) in [6.07, 6.45) is -3.83. The Hall–Kier alpha value is -2.64. The molecule has 134 valence electrons. The molecule has 0 bridgehead atoms. The summed E-state index contributed by atoms with van der Waals surface area (Å²) in [7, 11) is 0. The minimum atomic E-state index is -4.54. The van der Waals surface area contributed by atoms with E-state index in [1.54, 1.807) is 11.0 Å². The van der Waals surface area contributed by atoms with Gasteiger partial charge in [-0.3, -0.25) is 4.79 Å². The van der Waals surface area contributed by atoms with Crippen molar-refractivity contribution in [3.63, 3.8) is 0 Å². The van der Waals surface area contributed by atoms with Crippen molar-refractivity contribution < 1.29 is 18.0 Å². The zero-order valence-electron chi connectivity index (χ0n) is 14.0. The molecule has 0 spiro atoms. The quantitative estimate of drug-likeness (QED) is 0.862. The summed E-state index contributed by atoms with van der Waals surface area (Å²) >= 11 is 0. The molecule has 0 saturated heterocycles. The van der Waals surface area contributed by atoms with E-state index in [1.807, 2.05) is 32.0 Å². The lowest BCUT2D eigenvalue weighted by Crippen LogP contribution is -2.34. The predicted molar refractivity (Wildman–Crippen MR) is 89.3 cm³/mol. The van der Waals surface area contributed by atoms with E-state index in [1.165, 1.54) is 6.07 Å². The summed E-state index contributed by atoms with van der Waals surface area (Å²) in [6.45, 7) is 4.23. The van der Waals surface area contributed by atoms with E-state index < -0.39 is 11.9 Å². The van der Waals surface area contributed by atoms with Gasteiger partial charge in [-0.05, 0) is 37.1 Å². The van der Waals surface area contributed by atoms with Gasteiger partial charge in [-0.2, -0.15) is 13.2 Å². The Kier molecular flexibility index (Phi) is 5.95. The second-order valence-corrected chi connectivity index (χ2v) is 5.56. The fourth-order valence-electron chi connectivity index (χ4n) is 2.27. The first-order chi connectivity index (χ1) is 11.8. The van der Waals surface area contributed by atoms with E-state index in [-0.39, 0.29) is 18.3 Å². The third-order valence-electron chi connectivity index (χ3n) is 3.51. The van der Waals surface area contributed by atoms with Crippen LogP contribution < -0.4 is 10.2 Å². The monoisotopic (exact) mass is 352 g/mol. The normalized spacial score (nSPS) is 11.2. The summed E-state index contributed by atoms with van der Waals surface area (Å²) in [5.41, 5.74) is 0.562. The highest BCUT2D eigenvalue weighted by atomic mass is 19.4. The number of aryl methyl sites for hydroxylation is 1. The van der Waals surface area contributed by atoms with Crippen LogP contribution in [0.3, 0.4) is 0 Å². The molecule has 0 atom stereocenters. The van der Waals surface area contributed by atoms with Crippen molar-refractivity contribution in [3.05, 3.63) is 47.7 Å². The first-order valence-corrected chi connectivity index (χ1v) is 7.82. The maximum atomic E-state index is 12.6. The Morgan fingerprint density at radius 3 is 2.44 bits per heavy atom. The van der Waals surface area contributed by atoms with Crippen LogP contribution in [0.25, 0.3) is 0 Å². The van der Waals surface area contributed by atoms with Crippen molar-refractivity contribution >= 4 is 17.4 Å². The van der Waals surface area contributed by atoms with Gasteiger partial charge in [0.05, 0.1) is 6.54 Å². The molecule has 5 nitrogen and oxygen atoms in total. The SMILES string of the molecule is CCCN(CC(=O)Nc1ccccc1C)c1ccc(C(F)(F)F)nn1. The Labute approximate surface area is 143 Å². The first kappa shape index (κ1) is 18.7. The largest absolute Gasteiger partial charge is 0.435 e. The molecule has 0 aliphatic carbocycles. The van der Waals surface area contributed by atoms with Gasteiger partial charge in [0, 0.05) is 12.2 Å². The van der Waals surface area contributed by atoms with E-state index >= 15 is 0 Å². The fraction of sp³-hybridized carbons (Fsp3) is 0.353. The van der Waals surface area contributed by atoms with Crippen molar-refractivity contribution in [1.82, 2.24) is 10.2 Å². The number of benzene rings is 1. The number of nitrogens with one attached hydrogen (secondary N) is 1. The minimum Gasteiger partial charge on any atom is -0.346 e. The van der Waals surface area contributed by atoms with Gasteiger partial charge in [0.25, 0.3) is 0 Å². The number of hydrogen-bond acceptors (Lipinski definition) is 4. The molecule has 0 aliphatic heterocycles. The van der Waals surface area contributed by atoms with Gasteiger partial charge < -0.3 is 10.2 Å². The van der Waals surface area contributed by atoms with Crippen LogP contribution in [-0.4, -0.2) is 29.2 Å². The minimum absolute atomic E-state index is 0.0256. The Morgan fingerprint density at radius 2 is 1.88 bits per heavy atom. The molecule has 0 radical (unpaired) electrons. The summed E-state index contributed by atoms with van der Waals surface area (Å²) in [5.74, 6) is -0.0424. The zero-order valence-corrected chi connectivity index (χ0v) is 14.0. The lowest BCUT2D eigenvalue weighted by atomic mass is 10.2. The molecule has 1 aromatic heterocycles. The van der Waals surface area contributed by atoms with Crippen LogP contribution in [0.1, 0.15) is 24.6 Å². The number of carbonyl (C=O) groups excluding carboxylic acids is 1. The highest BCUT2D eigenvalue weighted by Gasteiger charge is 2.33. The number of halogens is 3. The van der Waals surface area contributed by atoms with Crippen molar-refractivity contribution in [2.75, 3.05) is 23.3 Å². The maximum absolute atomic E-state index is 12.6. The van der Waals surface area contributed by atoms with Gasteiger partial charge in [0.2, 0.25) is 5.91 Å². The van der Waals surface area contributed by atoms with Crippen molar-refractivity contribution in [2.24, 2.45) is 0 Å². The predicted octanol–water partition coefficient (Wildman–Crippen LogP) is 3.66. The number of alkyl halides is 3. The second kappa shape index (κ2) is 7.96. The van der Waals surface area contributed by atoms with Gasteiger partial charge in [-0.25, -0.2) is 0 Å². The molecule has 0 fully saturated rings. The van der Waals surface area contributed by atoms with Crippen LogP contribution in [0, 0.1) is 6.92 Å². The summed E-state index contributed by atoms with van der Waals surface area (Å²) < 4.78 is 37.7. The van der Waals surface area contributed by atoms with Gasteiger partial charge in [-0.15, -0.1) is 10.2 Å². The molecule has 0 unspecified atom stereocenters. The van der Waals surface area contributed by atoms with Crippen LogP contribution in [-0.2, 0) is 11.0 Å². The lowest BCUT2D eigenvalue weighted by Gasteiger charge is -2.22. The number of hydrogen-bond donors (Lipinski definition) is 1. The molecule has 1 N–H and O–H groups in total. The Morgan fingerprint density at radius 1 is 1.16 bits per heavy atom. The Balaban J connectivity index is 2.10. The topological polar surface area (TPSA) is 58.1 Å². The fourth-order valence-corrected chi connectivity index (χ4v) is 2.27. The highest BCUT2D eigenvalue weighted by Crippen LogP contribution is 2.27. The van der Waals surface area contributed by atoms with Gasteiger partial charge >= 0.3 is 6.18 Å². The third-order valence-corrected chi connectivity index (χ3v) is 3.51. The number of rotatable bonds is 6. The van der Waals surface area contributed by atoms with E-state index in [4.69, 9.17) is 0 Å². The second-order valence-electron chi connectivity index (χ2n) is 5.56. The smallest absolute Gasteiger partial charge is 0.346 e. The van der Waals surface area contributed by atoms with E-state index in [2.05, 4.69) is 15.5 Å². The number of anilines is 2. The highest BCUT2D eigenvalue weighted by molar-refractivity contribution is 5.94. The van der Waals surface area contributed by atoms with Crippen LogP contribution in [0.4, 0.5) is 24.7 Å². The van der Waals surface area contributed by atoms with E-state index in [0.29, 0.717) is 18.7 Å². The summed E-state index contributed by atoms with van der Waals surface area (Å²) in [6, 6.07) is 9.44. The molecule has 8 heteroatoms. The number of carbonyl (C=O) groups is 1. The average Bonchev–Trinajstić information content (AvgIpc) is 2.56. The number of para-hydroxylation sites is 1. The molecule has 2 aromatic rings. The first-order valence-electron chi connectivity index (χ1n) is 7.82. The third kappa shape index (κ3) is 5.17. The zero-order chi connectivity index (χ0) is 18.4. The standard InChI is InChI=1S/C17H19F3N4O/c1-3-10-24(15-9-8-14(22-23-15)17(18,19)20)11-16(25)21-13-7-5-4-6-12(13)2/h4-9H,3,10-11H2,1-2H3,(H,21,25). The molecular weight excluding hydrogens is 333 g/mol. The lowest BCUT2D eigenvalue weighted by molar-refractivity contribution is -0.141. The molecule has 0 saturated carbocycles. The van der Waals surface area contributed by atoms with Gasteiger partial charge in [-0.1, -0.05) is 25.1 Å². The number of aromatic nitrogens is 2.